The molecule has 0 saturated carbocycles. The lowest BCUT2D eigenvalue weighted by Crippen LogP contribution is -2.52. The van der Waals surface area contributed by atoms with Crippen LogP contribution in [0.2, 0.25) is 19.6 Å². The predicted octanol–water partition coefficient (Wildman–Crippen LogP) is 5.98. The van der Waals surface area contributed by atoms with Crippen molar-refractivity contribution in [2.45, 2.75) is 49.2 Å². The quantitative estimate of drug-likeness (QED) is 0.111. The van der Waals surface area contributed by atoms with Crippen molar-refractivity contribution in [2.75, 3.05) is 32.7 Å². The van der Waals surface area contributed by atoms with Gasteiger partial charge in [0, 0.05) is 18.3 Å². The van der Waals surface area contributed by atoms with Crippen molar-refractivity contribution in [1.29, 1.82) is 0 Å². The normalized spacial score (nSPS) is 21.0. The number of fused-ring (bicyclic) bond motifs is 2. The number of ether oxygens (including phenoxy) is 4. The molecule has 1 aromatic heterocycles. The van der Waals surface area contributed by atoms with Crippen LogP contribution >= 0.6 is 0 Å². The molecule has 53 heavy (non-hydrogen) atoms. The van der Waals surface area contributed by atoms with Crippen LogP contribution in [0.3, 0.4) is 0 Å². The van der Waals surface area contributed by atoms with Crippen molar-refractivity contribution in [2.24, 2.45) is 0 Å². The SMILES string of the molecule is COc1ccc(C(OC[C@@]23CN[C@@H]([C@H](n4ccc(NC(=O)c5ccccc5)nc4=O)O2)[C@@H]3O[Si](C)(C)C)(c2ccccc2)c2ccc(OC)cc2)cc1. The van der Waals surface area contributed by atoms with E-state index >= 15 is 0 Å². The monoisotopic (exact) mass is 732 g/mol. The number of rotatable bonds is 13. The van der Waals surface area contributed by atoms with Crippen LogP contribution < -0.4 is 25.8 Å². The van der Waals surface area contributed by atoms with Crippen LogP contribution in [0.5, 0.6) is 11.5 Å². The molecule has 2 N–H and O–H groups in total. The average Bonchev–Trinajstić information content (AvgIpc) is 3.66. The standard InChI is InChI=1S/C41H44N4O7Si/c1-48-32-20-16-30(17-21-32)41(29-14-10-7-11-15-29,31-18-22-33(49-2)23-19-31)50-27-40-26-42-35(36(40)52-53(3,4)5)38(51-40)45-25-24-34(44-39(45)47)43-37(46)28-12-8-6-9-13-28/h6-25,35-36,38,42H,26-27H2,1-5H3,(H,43,44,46,47)/t35-,36+,38-,40-/m1/s1. The summed E-state index contributed by atoms with van der Waals surface area (Å²) in [6, 6.07) is 35.8. The van der Waals surface area contributed by atoms with Gasteiger partial charge in [0.1, 0.15) is 28.5 Å². The van der Waals surface area contributed by atoms with E-state index in [0.717, 1.165) is 28.2 Å². The summed E-state index contributed by atoms with van der Waals surface area (Å²) in [7, 11) is 1.13. The number of carbonyl (C=O) groups excluding carboxylic acids is 1. The van der Waals surface area contributed by atoms with E-state index in [1.165, 1.54) is 4.57 Å². The first-order valence-corrected chi connectivity index (χ1v) is 21.0. The van der Waals surface area contributed by atoms with Crippen molar-refractivity contribution in [1.82, 2.24) is 14.9 Å². The molecular weight excluding hydrogens is 689 g/mol. The Morgan fingerprint density at radius 1 is 0.868 bits per heavy atom. The molecule has 2 aliphatic heterocycles. The molecule has 11 nitrogen and oxygen atoms in total. The minimum atomic E-state index is -2.16. The molecule has 0 aliphatic carbocycles. The van der Waals surface area contributed by atoms with Gasteiger partial charge >= 0.3 is 5.69 Å². The van der Waals surface area contributed by atoms with E-state index in [0.29, 0.717) is 12.1 Å². The van der Waals surface area contributed by atoms with E-state index in [1.54, 1.807) is 50.7 Å². The van der Waals surface area contributed by atoms with Gasteiger partial charge in [-0.1, -0.05) is 72.8 Å². The van der Waals surface area contributed by atoms with Crippen LogP contribution in [0.4, 0.5) is 5.82 Å². The Balaban J connectivity index is 1.26. The fraction of sp³-hybridized carbons (Fsp3) is 0.293. The number of morpholine rings is 1. The molecule has 274 valence electrons. The van der Waals surface area contributed by atoms with Crippen LogP contribution in [-0.4, -0.2) is 68.9 Å². The number of benzene rings is 4. The summed E-state index contributed by atoms with van der Waals surface area (Å²) in [6.07, 6.45) is 0.413. The van der Waals surface area contributed by atoms with E-state index < -0.39 is 37.5 Å². The van der Waals surface area contributed by atoms with Crippen molar-refractivity contribution in [3.05, 3.63) is 154 Å². The third-order valence-corrected chi connectivity index (χ3v) is 10.7. The molecule has 0 unspecified atom stereocenters. The van der Waals surface area contributed by atoms with E-state index in [1.807, 2.05) is 72.8 Å². The van der Waals surface area contributed by atoms with Gasteiger partial charge in [-0.05, 0) is 78.8 Å². The molecule has 2 saturated heterocycles. The number of amides is 1. The summed E-state index contributed by atoms with van der Waals surface area (Å²) in [4.78, 5) is 30.6. The fourth-order valence-corrected chi connectivity index (χ4v) is 8.34. The molecule has 12 heteroatoms. The first-order chi connectivity index (χ1) is 25.5. The lowest BCUT2D eigenvalue weighted by molar-refractivity contribution is -0.160. The second-order valence-corrected chi connectivity index (χ2v) is 18.7. The van der Waals surface area contributed by atoms with Crippen molar-refractivity contribution in [3.63, 3.8) is 0 Å². The largest absolute Gasteiger partial charge is 0.497 e. The van der Waals surface area contributed by atoms with Crippen molar-refractivity contribution < 1.29 is 28.2 Å². The summed E-state index contributed by atoms with van der Waals surface area (Å²) in [5.41, 5.74) is 0.526. The van der Waals surface area contributed by atoms with Gasteiger partial charge < -0.3 is 34.0 Å². The molecule has 7 rings (SSSR count). The number of nitrogens with zero attached hydrogens (tertiary/aromatic N) is 2. The summed E-state index contributed by atoms with van der Waals surface area (Å²) < 4.78 is 33.7. The van der Waals surface area contributed by atoms with Crippen LogP contribution in [-0.2, 0) is 19.5 Å². The first kappa shape index (κ1) is 36.3. The smallest absolute Gasteiger partial charge is 0.351 e. The molecular formula is C41H44N4O7Si. The number of hydrogen-bond acceptors (Lipinski definition) is 9. The maximum Gasteiger partial charge on any atom is 0.351 e. The van der Waals surface area contributed by atoms with Crippen molar-refractivity contribution in [3.8, 4) is 11.5 Å². The highest BCUT2D eigenvalue weighted by Crippen LogP contribution is 2.48. The van der Waals surface area contributed by atoms with Gasteiger partial charge in [-0.25, -0.2) is 4.79 Å². The average molecular weight is 733 g/mol. The Hall–Kier alpha value is -5.11. The highest BCUT2D eigenvalue weighted by molar-refractivity contribution is 6.69. The molecule has 2 aliphatic rings. The van der Waals surface area contributed by atoms with Gasteiger partial charge in [0.05, 0.1) is 33.0 Å². The van der Waals surface area contributed by atoms with E-state index in [4.69, 9.17) is 23.4 Å². The van der Waals surface area contributed by atoms with E-state index in [-0.39, 0.29) is 24.4 Å². The van der Waals surface area contributed by atoms with Crippen LogP contribution in [0, 0.1) is 0 Å². The summed E-state index contributed by atoms with van der Waals surface area (Å²) in [5.74, 6) is 1.24. The number of carbonyl (C=O) groups is 1. The topological polar surface area (TPSA) is 122 Å². The van der Waals surface area contributed by atoms with Gasteiger partial charge in [0.2, 0.25) is 0 Å². The first-order valence-electron chi connectivity index (χ1n) is 17.6. The number of methoxy groups -OCH3 is 2. The highest BCUT2D eigenvalue weighted by Gasteiger charge is 2.63. The summed E-state index contributed by atoms with van der Waals surface area (Å²) >= 11 is 0. The fourth-order valence-electron chi connectivity index (χ4n) is 7.22. The molecule has 2 fully saturated rings. The molecule has 1 amide bonds. The number of nitrogens with one attached hydrogen (secondary N) is 2. The lowest BCUT2D eigenvalue weighted by atomic mass is 9.79. The third kappa shape index (κ3) is 7.16. The Bertz CT molecular complexity index is 2040. The van der Waals surface area contributed by atoms with Gasteiger partial charge in [0.15, 0.2) is 14.5 Å². The number of anilines is 1. The van der Waals surface area contributed by atoms with E-state index in [2.05, 4.69) is 47.4 Å². The molecule has 2 bridgehead atoms. The number of hydrogen-bond donors (Lipinski definition) is 2. The van der Waals surface area contributed by atoms with Gasteiger partial charge in [-0.2, -0.15) is 4.98 Å². The maximum atomic E-state index is 13.6. The van der Waals surface area contributed by atoms with Crippen LogP contribution in [0.1, 0.15) is 33.3 Å². The molecule has 4 atom stereocenters. The zero-order valence-electron chi connectivity index (χ0n) is 30.4. The Morgan fingerprint density at radius 2 is 1.43 bits per heavy atom. The third-order valence-electron chi connectivity index (χ3n) is 9.71. The Morgan fingerprint density at radius 3 is 1.98 bits per heavy atom. The van der Waals surface area contributed by atoms with Gasteiger partial charge in [0.25, 0.3) is 5.91 Å². The molecule has 0 radical (unpaired) electrons. The van der Waals surface area contributed by atoms with Gasteiger partial charge in [-0.3, -0.25) is 9.36 Å². The second-order valence-electron chi connectivity index (χ2n) is 14.2. The van der Waals surface area contributed by atoms with Gasteiger partial charge in [-0.15, -0.1) is 0 Å². The van der Waals surface area contributed by atoms with E-state index in [9.17, 15) is 9.59 Å². The summed E-state index contributed by atoms with van der Waals surface area (Å²) in [5, 5.41) is 6.32. The maximum absolute atomic E-state index is 13.6. The zero-order valence-corrected chi connectivity index (χ0v) is 31.4. The highest BCUT2D eigenvalue weighted by atomic mass is 28.4. The zero-order chi connectivity index (χ0) is 37.2. The van der Waals surface area contributed by atoms with Crippen LogP contribution in [0.15, 0.2) is 126 Å². The van der Waals surface area contributed by atoms with Crippen LogP contribution in [0.25, 0.3) is 0 Å². The number of aromatic nitrogens is 2. The minimum absolute atomic E-state index is 0.114. The Labute approximate surface area is 310 Å². The molecule has 3 heterocycles. The molecule has 0 spiro atoms. The second kappa shape index (κ2) is 14.7. The molecule has 5 aromatic rings. The summed E-state index contributed by atoms with van der Waals surface area (Å²) in [6.45, 7) is 6.95. The Kier molecular flexibility index (Phi) is 10.1. The van der Waals surface area contributed by atoms with Crippen molar-refractivity contribution >= 4 is 20.0 Å². The lowest BCUT2D eigenvalue weighted by Gasteiger charge is -2.41. The molecule has 4 aromatic carbocycles. The minimum Gasteiger partial charge on any atom is -0.497 e. The predicted molar refractivity (Wildman–Crippen MR) is 204 cm³/mol.